The Labute approximate surface area is 384 Å². The van der Waals surface area contributed by atoms with E-state index >= 15 is 0 Å². The minimum Gasteiger partial charge on any atom is -0.497 e. The van der Waals surface area contributed by atoms with Crippen molar-refractivity contribution in [1.29, 1.82) is 5.26 Å². The lowest BCUT2D eigenvalue weighted by molar-refractivity contribution is -0.384. The summed E-state index contributed by atoms with van der Waals surface area (Å²) < 4.78 is 42.6. The number of anilines is 1. The van der Waals surface area contributed by atoms with Gasteiger partial charge in [-0.25, -0.2) is 24.4 Å². The topological polar surface area (TPSA) is 198 Å². The monoisotopic (exact) mass is 916 g/mol. The van der Waals surface area contributed by atoms with Crippen LogP contribution in [0, 0.1) is 21.4 Å². The molecule has 0 bridgehead atoms. The van der Waals surface area contributed by atoms with Crippen LogP contribution in [0.2, 0.25) is 0 Å². The van der Waals surface area contributed by atoms with Crippen molar-refractivity contribution in [1.82, 2.24) is 24.2 Å². The molecule has 4 atom stereocenters. The summed E-state index contributed by atoms with van der Waals surface area (Å²) in [6.07, 6.45) is 1.16. The number of hydrogen-bond donors (Lipinski definition) is 1. The number of nitrogens with one attached hydrogen (secondary N) is 1. The standard InChI is InChI=1S/C48H53N8O9P/c1-33(2)55(34(3)4)66(63-27-12-26-49)65-41-29-43(54-32-52-44-45(50-31-51-46(44)54)53-47(57)61-28-25-35-17-21-39(22-18-35)56(58)59)64-42(41)30-62-48(36-13-8-6-9-14-36,37-15-10-7-11-16-37)38-19-23-40(60-5)24-20-38/h6-11,13-24,31-34,41-43H,12,25,27-30H2,1-5H3,(H,50,51,53,57)/t41-,42+,43+,66?/m0/s1. The highest BCUT2D eigenvalue weighted by Crippen LogP contribution is 2.51. The Morgan fingerprint density at radius 1 is 0.939 bits per heavy atom. The molecular weight excluding hydrogens is 864 g/mol. The number of aromatic nitrogens is 4. The third kappa shape index (κ3) is 11.0. The number of imidazole rings is 1. The summed E-state index contributed by atoms with van der Waals surface area (Å²) in [5.41, 5.74) is 3.05. The summed E-state index contributed by atoms with van der Waals surface area (Å²) in [5, 5.41) is 23.1. The molecule has 1 amide bonds. The molecule has 1 N–H and O–H groups in total. The van der Waals surface area contributed by atoms with Gasteiger partial charge < -0.3 is 28.0 Å². The number of fused-ring (bicyclic) bond motifs is 1. The van der Waals surface area contributed by atoms with E-state index in [9.17, 15) is 20.2 Å². The molecule has 1 unspecified atom stereocenters. The first-order valence-corrected chi connectivity index (χ1v) is 22.8. The third-order valence-corrected chi connectivity index (χ3v) is 13.2. The molecule has 7 rings (SSSR count). The molecule has 2 aromatic heterocycles. The van der Waals surface area contributed by atoms with Gasteiger partial charge in [0.25, 0.3) is 14.2 Å². The Morgan fingerprint density at radius 2 is 1.59 bits per heavy atom. The van der Waals surface area contributed by atoms with Crippen molar-refractivity contribution in [2.75, 3.05) is 32.2 Å². The largest absolute Gasteiger partial charge is 0.497 e. The quantitative estimate of drug-likeness (QED) is 0.0235. The molecule has 3 heterocycles. The van der Waals surface area contributed by atoms with E-state index < -0.39 is 43.6 Å². The summed E-state index contributed by atoms with van der Waals surface area (Å²) in [6, 6.07) is 36.3. The van der Waals surface area contributed by atoms with E-state index in [0.717, 1.165) is 22.3 Å². The number of carbonyl (C=O) groups is 1. The second kappa shape index (κ2) is 22.2. The van der Waals surface area contributed by atoms with E-state index in [-0.39, 0.29) is 49.8 Å². The van der Waals surface area contributed by atoms with Crippen LogP contribution in [0.4, 0.5) is 16.3 Å². The molecule has 66 heavy (non-hydrogen) atoms. The first kappa shape index (κ1) is 47.6. The second-order valence-electron chi connectivity index (χ2n) is 16.0. The molecule has 1 aliphatic rings. The Balaban J connectivity index is 1.19. The molecule has 0 radical (unpaired) electrons. The Bertz CT molecular complexity index is 2510. The van der Waals surface area contributed by atoms with Crippen molar-refractivity contribution in [2.45, 2.75) is 83.1 Å². The van der Waals surface area contributed by atoms with Gasteiger partial charge in [-0.05, 0) is 62.1 Å². The number of nitrogens with zero attached hydrogens (tertiary/aromatic N) is 7. The number of nitro benzene ring substituents is 1. The summed E-state index contributed by atoms with van der Waals surface area (Å²) >= 11 is 0. The third-order valence-electron chi connectivity index (χ3n) is 11.1. The zero-order valence-corrected chi connectivity index (χ0v) is 38.3. The molecule has 17 nitrogen and oxygen atoms in total. The lowest BCUT2D eigenvalue weighted by Gasteiger charge is -2.39. The molecule has 1 saturated heterocycles. The van der Waals surface area contributed by atoms with E-state index in [1.54, 1.807) is 30.1 Å². The number of rotatable bonds is 21. The van der Waals surface area contributed by atoms with E-state index in [0.29, 0.717) is 29.8 Å². The van der Waals surface area contributed by atoms with Crippen LogP contribution < -0.4 is 10.1 Å². The van der Waals surface area contributed by atoms with Crippen LogP contribution in [0.15, 0.2) is 122 Å². The Morgan fingerprint density at radius 3 is 2.20 bits per heavy atom. The lowest BCUT2D eigenvalue weighted by atomic mass is 9.80. The average Bonchev–Trinajstić information content (AvgIpc) is 3.94. The molecule has 0 spiro atoms. The first-order chi connectivity index (χ1) is 32.0. The number of hydrogen-bond acceptors (Lipinski definition) is 14. The van der Waals surface area contributed by atoms with E-state index in [2.05, 4.69) is 58.7 Å². The number of carbonyl (C=O) groups excluding carboxylic acids is 1. The molecule has 344 valence electrons. The van der Waals surface area contributed by atoms with E-state index in [1.807, 2.05) is 84.9 Å². The maximum atomic E-state index is 13.0. The predicted molar refractivity (Wildman–Crippen MR) is 247 cm³/mol. The number of amides is 1. The maximum absolute atomic E-state index is 13.0. The molecule has 6 aromatic rings. The van der Waals surface area contributed by atoms with Crippen molar-refractivity contribution in [2.24, 2.45) is 0 Å². The van der Waals surface area contributed by atoms with Crippen LogP contribution in [0.1, 0.15) is 69.0 Å². The van der Waals surface area contributed by atoms with Gasteiger partial charge in [-0.1, -0.05) is 84.9 Å². The Hall–Kier alpha value is -6.38. The van der Waals surface area contributed by atoms with Crippen molar-refractivity contribution in [3.63, 3.8) is 0 Å². The second-order valence-corrected chi connectivity index (χ2v) is 17.4. The SMILES string of the molecule is COc1ccc(C(OC[C@H]2O[C@@H](n3cnc4c(NC(=O)OCCc5ccc([N+](=O)[O-])cc5)ncnc43)C[C@@H]2OP(OCCC#N)N(C(C)C)C(C)C)(c2ccccc2)c2ccccc2)cc1. The highest BCUT2D eigenvalue weighted by atomic mass is 31.2. The highest BCUT2D eigenvalue weighted by Gasteiger charge is 2.45. The maximum Gasteiger partial charge on any atom is 0.412 e. The van der Waals surface area contributed by atoms with Gasteiger partial charge in [0.1, 0.15) is 30.0 Å². The number of nitriles is 1. The zero-order valence-electron chi connectivity index (χ0n) is 37.4. The highest BCUT2D eigenvalue weighted by molar-refractivity contribution is 7.44. The van der Waals surface area contributed by atoms with Gasteiger partial charge in [-0.15, -0.1) is 0 Å². The number of nitro groups is 1. The van der Waals surface area contributed by atoms with Gasteiger partial charge >= 0.3 is 6.09 Å². The molecule has 18 heteroatoms. The summed E-state index contributed by atoms with van der Waals surface area (Å²) in [5.74, 6) is 0.846. The van der Waals surface area contributed by atoms with Crippen LogP contribution in [-0.4, -0.2) is 86.4 Å². The van der Waals surface area contributed by atoms with Crippen LogP contribution in [0.5, 0.6) is 5.75 Å². The number of non-ortho nitro benzene ring substituents is 1. The van der Waals surface area contributed by atoms with Crippen LogP contribution in [0.3, 0.4) is 0 Å². The first-order valence-electron chi connectivity index (χ1n) is 21.7. The van der Waals surface area contributed by atoms with Crippen LogP contribution >= 0.6 is 8.53 Å². The molecule has 1 fully saturated rings. The number of methoxy groups -OCH3 is 1. The minimum absolute atomic E-state index is 0.0209. The molecule has 0 saturated carbocycles. The molecule has 4 aromatic carbocycles. The van der Waals surface area contributed by atoms with E-state index in [4.69, 9.17) is 28.0 Å². The summed E-state index contributed by atoms with van der Waals surface area (Å²) in [6.45, 7) is 8.63. The van der Waals surface area contributed by atoms with Crippen molar-refractivity contribution in [3.8, 4) is 11.8 Å². The Kier molecular flexibility index (Phi) is 16.0. The van der Waals surface area contributed by atoms with Crippen molar-refractivity contribution < 1.29 is 37.7 Å². The molecule has 0 aliphatic carbocycles. The normalized spacial score (nSPS) is 16.7. The lowest BCUT2D eigenvalue weighted by Crippen LogP contribution is -2.39. The van der Waals surface area contributed by atoms with E-state index in [1.165, 1.54) is 18.5 Å². The van der Waals surface area contributed by atoms with Gasteiger partial charge in [0.15, 0.2) is 17.0 Å². The van der Waals surface area contributed by atoms with Crippen LogP contribution in [0.25, 0.3) is 11.2 Å². The summed E-state index contributed by atoms with van der Waals surface area (Å²) in [4.78, 5) is 37.0. The van der Waals surface area contributed by atoms with Crippen molar-refractivity contribution >= 4 is 37.3 Å². The average molecular weight is 917 g/mol. The van der Waals surface area contributed by atoms with Gasteiger partial charge in [-0.2, -0.15) is 5.26 Å². The van der Waals surface area contributed by atoms with Crippen molar-refractivity contribution in [3.05, 3.63) is 154 Å². The molecule has 1 aliphatic heterocycles. The molecular formula is C48H53N8O9P. The van der Waals surface area contributed by atoms with Gasteiger partial charge in [-0.3, -0.25) is 20.0 Å². The van der Waals surface area contributed by atoms with Gasteiger partial charge in [0, 0.05) is 37.1 Å². The van der Waals surface area contributed by atoms with Crippen LogP contribution in [-0.2, 0) is 35.3 Å². The fourth-order valence-corrected chi connectivity index (χ4v) is 9.76. The fraction of sp³-hybridized carbons (Fsp3) is 0.354. The predicted octanol–water partition coefficient (Wildman–Crippen LogP) is 9.49. The number of benzene rings is 4. The summed E-state index contributed by atoms with van der Waals surface area (Å²) in [7, 11) is -0.0507. The smallest absolute Gasteiger partial charge is 0.412 e. The zero-order chi connectivity index (χ0) is 46.6. The van der Waals surface area contributed by atoms with Gasteiger partial charge in [0.2, 0.25) is 0 Å². The fourth-order valence-electron chi connectivity index (χ4n) is 8.00. The minimum atomic E-state index is -1.69. The number of ether oxygens (including phenoxy) is 4. The van der Waals surface area contributed by atoms with Gasteiger partial charge in [0.05, 0.1) is 56.8 Å².